The molecule has 0 amide bonds. The van der Waals surface area contributed by atoms with Crippen molar-refractivity contribution >= 4 is 28.7 Å². The van der Waals surface area contributed by atoms with Crippen molar-refractivity contribution in [2.45, 2.75) is 6.92 Å². The number of rotatable bonds is 1. The first-order chi connectivity index (χ1) is 9.93. The summed E-state index contributed by atoms with van der Waals surface area (Å²) >= 11 is 0. The number of hydrogen-bond donors (Lipinski definition) is 2. The Morgan fingerprint density at radius 2 is 1.52 bits per heavy atom. The zero-order valence-electron chi connectivity index (χ0n) is 11.3. The van der Waals surface area contributed by atoms with Crippen molar-refractivity contribution in [3.63, 3.8) is 0 Å². The molecule has 0 aliphatic heterocycles. The van der Waals surface area contributed by atoms with Crippen LogP contribution in [0.4, 0.5) is 11.4 Å². The Kier molecular flexibility index (Phi) is 2.66. The minimum Gasteiger partial charge on any atom is -0.398 e. The van der Waals surface area contributed by atoms with Crippen molar-refractivity contribution in [1.29, 1.82) is 0 Å². The minimum absolute atomic E-state index is 0.0476. The van der Waals surface area contributed by atoms with E-state index in [9.17, 15) is 14.4 Å². The van der Waals surface area contributed by atoms with E-state index >= 15 is 0 Å². The number of nitrogens with two attached hydrogens (primary N) is 2. The predicted octanol–water partition coefficient (Wildman–Crippen LogP) is 1.83. The molecule has 104 valence electrons. The number of hydrogen-bond acceptors (Lipinski definition) is 5. The van der Waals surface area contributed by atoms with E-state index in [2.05, 4.69) is 0 Å². The third-order valence-electron chi connectivity index (χ3n) is 3.66. The topological polar surface area (TPSA) is 103 Å². The molecule has 1 aliphatic carbocycles. The molecule has 0 bridgehead atoms. The monoisotopic (exact) mass is 280 g/mol. The van der Waals surface area contributed by atoms with E-state index in [-0.39, 0.29) is 56.5 Å². The van der Waals surface area contributed by atoms with Crippen molar-refractivity contribution in [2.24, 2.45) is 0 Å². The molecule has 2 aromatic rings. The Balaban J connectivity index is 2.36. The van der Waals surface area contributed by atoms with E-state index in [0.29, 0.717) is 0 Å². The molecule has 0 radical (unpaired) electrons. The van der Waals surface area contributed by atoms with Gasteiger partial charge in [-0.05, 0) is 25.1 Å². The maximum absolute atomic E-state index is 12.6. The Hall–Kier alpha value is -2.95. The van der Waals surface area contributed by atoms with Crippen molar-refractivity contribution in [3.8, 4) is 0 Å². The van der Waals surface area contributed by atoms with Crippen LogP contribution >= 0.6 is 0 Å². The second-order valence-electron chi connectivity index (χ2n) is 4.93. The number of ketones is 3. The van der Waals surface area contributed by atoms with Gasteiger partial charge >= 0.3 is 0 Å². The van der Waals surface area contributed by atoms with Crippen LogP contribution in [0.1, 0.15) is 49.1 Å². The van der Waals surface area contributed by atoms with Gasteiger partial charge in [-0.3, -0.25) is 14.4 Å². The van der Waals surface area contributed by atoms with Gasteiger partial charge in [0, 0.05) is 22.4 Å². The van der Waals surface area contributed by atoms with E-state index in [4.69, 9.17) is 11.5 Å². The molecule has 5 heteroatoms. The highest BCUT2D eigenvalue weighted by Crippen LogP contribution is 2.34. The van der Waals surface area contributed by atoms with Crippen LogP contribution in [0.3, 0.4) is 0 Å². The van der Waals surface area contributed by atoms with Crippen LogP contribution in [0.25, 0.3) is 0 Å². The number of anilines is 2. The Morgan fingerprint density at radius 3 is 2.19 bits per heavy atom. The van der Waals surface area contributed by atoms with E-state index in [1.165, 1.54) is 25.1 Å². The zero-order valence-corrected chi connectivity index (χ0v) is 11.3. The molecule has 5 nitrogen and oxygen atoms in total. The average molecular weight is 280 g/mol. The van der Waals surface area contributed by atoms with Crippen LogP contribution < -0.4 is 11.5 Å². The zero-order chi connectivity index (χ0) is 15.3. The van der Waals surface area contributed by atoms with E-state index in [1.807, 2.05) is 0 Å². The van der Waals surface area contributed by atoms with Gasteiger partial charge in [0.1, 0.15) is 0 Å². The second-order valence-corrected chi connectivity index (χ2v) is 4.93. The molecule has 0 unspecified atom stereocenters. The molecular formula is C16H12N2O3. The normalized spacial score (nSPS) is 12.8. The Morgan fingerprint density at radius 1 is 0.905 bits per heavy atom. The third-order valence-corrected chi connectivity index (χ3v) is 3.66. The largest absolute Gasteiger partial charge is 0.398 e. The second kappa shape index (κ2) is 4.28. The summed E-state index contributed by atoms with van der Waals surface area (Å²) in [7, 11) is 0. The number of carbonyl (C=O) groups is 3. The number of Topliss-reactive ketones (excluding diaryl/α,β-unsaturated/α-hetero) is 1. The lowest BCUT2D eigenvalue weighted by Crippen LogP contribution is -2.24. The van der Waals surface area contributed by atoms with Crippen molar-refractivity contribution in [3.05, 3.63) is 58.1 Å². The third kappa shape index (κ3) is 1.67. The number of fused-ring (bicyclic) bond motifs is 2. The summed E-state index contributed by atoms with van der Waals surface area (Å²) in [6, 6.07) is 7.64. The molecular weight excluding hydrogens is 268 g/mol. The van der Waals surface area contributed by atoms with Crippen LogP contribution in [0.2, 0.25) is 0 Å². The molecule has 0 atom stereocenters. The fourth-order valence-electron chi connectivity index (χ4n) is 2.64. The summed E-state index contributed by atoms with van der Waals surface area (Å²) in [5.41, 5.74) is 13.0. The van der Waals surface area contributed by atoms with Crippen LogP contribution in [0.15, 0.2) is 30.3 Å². The fraction of sp³-hybridized carbons (Fsp3) is 0.0625. The van der Waals surface area contributed by atoms with Gasteiger partial charge in [0.25, 0.3) is 0 Å². The molecule has 4 N–H and O–H groups in total. The van der Waals surface area contributed by atoms with Gasteiger partial charge in [-0.25, -0.2) is 0 Å². The molecule has 2 aromatic carbocycles. The standard InChI is InChI=1S/C16H12N2O3/c1-7(19)8-5-6-10-13(14(8)18)16(21)9-3-2-4-11(17)12(9)15(10)20/h2-6H,17-18H2,1H3. The van der Waals surface area contributed by atoms with Crippen LogP contribution in [0.5, 0.6) is 0 Å². The molecule has 0 heterocycles. The Labute approximate surface area is 120 Å². The van der Waals surface area contributed by atoms with Gasteiger partial charge in [0.2, 0.25) is 0 Å². The lowest BCUT2D eigenvalue weighted by Gasteiger charge is -2.21. The van der Waals surface area contributed by atoms with Crippen LogP contribution in [0, 0.1) is 0 Å². The fourth-order valence-corrected chi connectivity index (χ4v) is 2.64. The van der Waals surface area contributed by atoms with Gasteiger partial charge in [0.15, 0.2) is 17.3 Å². The molecule has 0 aromatic heterocycles. The predicted molar refractivity (Wildman–Crippen MR) is 78.6 cm³/mol. The van der Waals surface area contributed by atoms with E-state index < -0.39 is 0 Å². The van der Waals surface area contributed by atoms with Crippen molar-refractivity contribution in [1.82, 2.24) is 0 Å². The first-order valence-electron chi connectivity index (χ1n) is 6.34. The number of nitrogen functional groups attached to an aromatic ring is 2. The van der Waals surface area contributed by atoms with Crippen molar-refractivity contribution < 1.29 is 14.4 Å². The minimum atomic E-state index is -0.382. The smallest absolute Gasteiger partial charge is 0.196 e. The first kappa shape index (κ1) is 13.1. The quantitative estimate of drug-likeness (QED) is 0.523. The van der Waals surface area contributed by atoms with Gasteiger partial charge in [-0.1, -0.05) is 12.1 Å². The highest BCUT2D eigenvalue weighted by atomic mass is 16.1. The average Bonchev–Trinajstić information content (AvgIpc) is 2.43. The maximum atomic E-state index is 12.6. The SMILES string of the molecule is CC(=O)c1ccc2c(c1N)C(=O)c1cccc(N)c1C2=O. The van der Waals surface area contributed by atoms with Crippen molar-refractivity contribution in [2.75, 3.05) is 11.5 Å². The molecule has 21 heavy (non-hydrogen) atoms. The van der Waals surface area contributed by atoms with Gasteiger partial charge < -0.3 is 11.5 Å². The highest BCUT2D eigenvalue weighted by Gasteiger charge is 2.33. The summed E-state index contributed by atoms with van der Waals surface area (Å²) in [5, 5.41) is 0. The summed E-state index contributed by atoms with van der Waals surface area (Å²) < 4.78 is 0. The molecule has 1 aliphatic rings. The molecule has 0 spiro atoms. The molecule has 0 saturated carbocycles. The highest BCUT2D eigenvalue weighted by molar-refractivity contribution is 6.32. The van der Waals surface area contributed by atoms with Crippen LogP contribution in [-0.2, 0) is 0 Å². The van der Waals surface area contributed by atoms with E-state index in [0.717, 1.165) is 0 Å². The summed E-state index contributed by atoms with van der Waals surface area (Å²) in [6.07, 6.45) is 0. The molecule has 3 rings (SSSR count). The van der Waals surface area contributed by atoms with Gasteiger partial charge in [-0.15, -0.1) is 0 Å². The number of benzene rings is 2. The van der Waals surface area contributed by atoms with E-state index in [1.54, 1.807) is 12.1 Å². The van der Waals surface area contributed by atoms with Gasteiger partial charge in [-0.2, -0.15) is 0 Å². The molecule has 0 saturated heterocycles. The summed E-state index contributed by atoms with van der Waals surface area (Å²) in [5.74, 6) is -0.985. The Bertz CT molecular complexity index is 838. The molecule has 0 fully saturated rings. The first-order valence-corrected chi connectivity index (χ1v) is 6.34. The lowest BCUT2D eigenvalue weighted by atomic mass is 9.81. The maximum Gasteiger partial charge on any atom is 0.196 e. The summed E-state index contributed by atoms with van der Waals surface area (Å²) in [6.45, 7) is 1.36. The van der Waals surface area contributed by atoms with Crippen LogP contribution in [-0.4, -0.2) is 17.3 Å². The number of carbonyl (C=O) groups excluding carboxylic acids is 3. The lowest BCUT2D eigenvalue weighted by molar-refractivity contribution is 0.0979. The van der Waals surface area contributed by atoms with Gasteiger partial charge in [0.05, 0.1) is 16.8 Å². The summed E-state index contributed by atoms with van der Waals surface area (Å²) in [4.78, 5) is 36.7.